The highest BCUT2D eigenvalue weighted by atomic mass is 19.1. The van der Waals surface area contributed by atoms with Crippen LogP contribution in [-0.2, 0) is 13.1 Å². The average Bonchev–Trinajstić information content (AvgIpc) is 2.79. The van der Waals surface area contributed by atoms with E-state index in [9.17, 15) is 4.39 Å². The van der Waals surface area contributed by atoms with Gasteiger partial charge in [-0.1, -0.05) is 60.7 Å². The second kappa shape index (κ2) is 8.97. The third kappa shape index (κ3) is 4.96. The molecule has 0 radical (unpaired) electrons. The standard InChI is InChI=1S/C24H21FN4/c25-21-13-11-19(12-14-21)17-27-23-15-16-26-24(28-23)29(22-9-5-2-6-10-22)18-20-7-3-1-4-8-20/h1-16H,17-18H2,(H,26,27,28). The van der Waals surface area contributed by atoms with E-state index in [4.69, 9.17) is 4.98 Å². The van der Waals surface area contributed by atoms with Crippen LogP contribution in [0.1, 0.15) is 11.1 Å². The Morgan fingerprint density at radius 2 is 1.45 bits per heavy atom. The first kappa shape index (κ1) is 18.6. The molecule has 0 saturated carbocycles. The summed E-state index contributed by atoms with van der Waals surface area (Å²) in [7, 11) is 0. The predicted molar refractivity (Wildman–Crippen MR) is 114 cm³/mol. The van der Waals surface area contributed by atoms with Gasteiger partial charge in [-0.15, -0.1) is 0 Å². The van der Waals surface area contributed by atoms with E-state index in [2.05, 4.69) is 27.3 Å². The van der Waals surface area contributed by atoms with Gasteiger partial charge in [-0.3, -0.25) is 0 Å². The van der Waals surface area contributed by atoms with Crippen LogP contribution >= 0.6 is 0 Å². The number of nitrogens with one attached hydrogen (secondary N) is 1. The van der Waals surface area contributed by atoms with Crippen LogP contribution < -0.4 is 10.2 Å². The van der Waals surface area contributed by atoms with Gasteiger partial charge in [0.25, 0.3) is 0 Å². The molecule has 29 heavy (non-hydrogen) atoms. The van der Waals surface area contributed by atoms with Crippen molar-refractivity contribution < 1.29 is 4.39 Å². The summed E-state index contributed by atoms with van der Waals surface area (Å²) in [6.45, 7) is 1.22. The highest BCUT2D eigenvalue weighted by Gasteiger charge is 2.13. The third-order valence-corrected chi connectivity index (χ3v) is 4.52. The smallest absolute Gasteiger partial charge is 0.232 e. The molecular formula is C24H21FN4. The molecule has 1 N–H and O–H groups in total. The summed E-state index contributed by atoms with van der Waals surface area (Å²) in [6, 6.07) is 28.6. The SMILES string of the molecule is Fc1ccc(CNc2ccnc(N(Cc3ccccc3)c3ccccc3)n2)cc1. The maximum absolute atomic E-state index is 13.1. The molecule has 0 saturated heterocycles. The van der Waals surface area contributed by atoms with E-state index in [1.54, 1.807) is 18.3 Å². The van der Waals surface area contributed by atoms with Crippen LogP contribution in [0, 0.1) is 5.82 Å². The Hall–Kier alpha value is -3.73. The molecule has 0 aliphatic rings. The topological polar surface area (TPSA) is 41.1 Å². The zero-order valence-corrected chi connectivity index (χ0v) is 15.9. The highest BCUT2D eigenvalue weighted by Crippen LogP contribution is 2.25. The van der Waals surface area contributed by atoms with Crippen LogP contribution in [-0.4, -0.2) is 9.97 Å². The number of aromatic nitrogens is 2. The van der Waals surface area contributed by atoms with Crippen LogP contribution in [0.25, 0.3) is 0 Å². The molecule has 0 amide bonds. The first-order chi connectivity index (χ1) is 14.3. The van der Waals surface area contributed by atoms with Crippen molar-refractivity contribution in [1.82, 2.24) is 9.97 Å². The number of benzene rings is 3. The monoisotopic (exact) mass is 384 g/mol. The molecule has 1 aromatic heterocycles. The fourth-order valence-corrected chi connectivity index (χ4v) is 3.02. The minimum atomic E-state index is -0.238. The van der Waals surface area contributed by atoms with Gasteiger partial charge in [-0.05, 0) is 41.5 Å². The lowest BCUT2D eigenvalue weighted by Gasteiger charge is -2.23. The van der Waals surface area contributed by atoms with Crippen molar-refractivity contribution in [1.29, 1.82) is 0 Å². The van der Waals surface area contributed by atoms with Crippen molar-refractivity contribution in [2.45, 2.75) is 13.1 Å². The molecule has 0 aliphatic carbocycles. The number of anilines is 3. The van der Waals surface area contributed by atoms with Gasteiger partial charge in [-0.25, -0.2) is 9.37 Å². The molecule has 0 unspecified atom stereocenters. The maximum Gasteiger partial charge on any atom is 0.232 e. The largest absolute Gasteiger partial charge is 0.366 e. The first-order valence-electron chi connectivity index (χ1n) is 9.46. The van der Waals surface area contributed by atoms with Gasteiger partial charge in [0.1, 0.15) is 11.6 Å². The molecule has 3 aromatic carbocycles. The average molecular weight is 384 g/mol. The number of hydrogen-bond acceptors (Lipinski definition) is 4. The van der Waals surface area contributed by atoms with E-state index >= 15 is 0 Å². The Morgan fingerprint density at radius 1 is 0.759 bits per heavy atom. The molecular weight excluding hydrogens is 363 g/mol. The van der Waals surface area contributed by atoms with E-state index in [-0.39, 0.29) is 5.82 Å². The van der Waals surface area contributed by atoms with Crippen LogP contribution in [0.2, 0.25) is 0 Å². The quantitative estimate of drug-likeness (QED) is 0.452. The summed E-state index contributed by atoms with van der Waals surface area (Å²) in [5, 5.41) is 3.29. The molecule has 4 nitrogen and oxygen atoms in total. The van der Waals surface area contributed by atoms with E-state index in [1.165, 1.54) is 17.7 Å². The van der Waals surface area contributed by atoms with Crippen molar-refractivity contribution in [3.63, 3.8) is 0 Å². The number of halogens is 1. The zero-order valence-electron chi connectivity index (χ0n) is 15.9. The van der Waals surface area contributed by atoms with Crippen LogP contribution in [0.4, 0.5) is 21.8 Å². The van der Waals surface area contributed by atoms with Crippen molar-refractivity contribution in [2.24, 2.45) is 0 Å². The molecule has 5 heteroatoms. The van der Waals surface area contributed by atoms with Crippen molar-refractivity contribution in [3.8, 4) is 0 Å². The fourth-order valence-electron chi connectivity index (χ4n) is 3.02. The van der Waals surface area contributed by atoms with Crippen molar-refractivity contribution >= 4 is 17.5 Å². The van der Waals surface area contributed by atoms with Crippen LogP contribution in [0.5, 0.6) is 0 Å². The van der Waals surface area contributed by atoms with Crippen LogP contribution in [0.3, 0.4) is 0 Å². The second-order valence-corrected chi connectivity index (χ2v) is 6.63. The molecule has 0 spiro atoms. The predicted octanol–water partition coefficient (Wildman–Crippen LogP) is 5.57. The van der Waals surface area contributed by atoms with Gasteiger partial charge in [0.05, 0.1) is 6.54 Å². The molecule has 144 valence electrons. The molecule has 0 aliphatic heterocycles. The van der Waals surface area contributed by atoms with Crippen molar-refractivity contribution in [3.05, 3.63) is 114 Å². The zero-order chi connectivity index (χ0) is 19.9. The fraction of sp³-hybridized carbons (Fsp3) is 0.0833. The first-order valence-corrected chi connectivity index (χ1v) is 9.46. The molecule has 0 fully saturated rings. The maximum atomic E-state index is 13.1. The normalized spacial score (nSPS) is 10.5. The Bertz CT molecular complexity index is 1040. The number of para-hydroxylation sites is 1. The van der Waals surface area contributed by atoms with E-state index in [0.717, 1.165) is 11.3 Å². The third-order valence-electron chi connectivity index (χ3n) is 4.52. The molecule has 4 aromatic rings. The van der Waals surface area contributed by atoms with Gasteiger partial charge in [-0.2, -0.15) is 4.98 Å². The summed E-state index contributed by atoms with van der Waals surface area (Å²) >= 11 is 0. The summed E-state index contributed by atoms with van der Waals surface area (Å²) in [5.41, 5.74) is 3.17. The number of rotatable bonds is 7. The van der Waals surface area contributed by atoms with E-state index < -0.39 is 0 Å². The number of nitrogens with zero attached hydrogens (tertiary/aromatic N) is 3. The molecule has 0 atom stereocenters. The van der Waals surface area contributed by atoms with Gasteiger partial charge in [0.15, 0.2) is 0 Å². The van der Waals surface area contributed by atoms with Gasteiger partial charge >= 0.3 is 0 Å². The van der Waals surface area contributed by atoms with E-state index in [1.807, 2.05) is 54.6 Å². The Balaban J connectivity index is 1.57. The Labute approximate surface area is 169 Å². The minimum absolute atomic E-state index is 0.238. The van der Waals surface area contributed by atoms with Crippen LogP contribution in [0.15, 0.2) is 97.2 Å². The Kier molecular flexibility index (Phi) is 5.76. The van der Waals surface area contributed by atoms with E-state index in [0.29, 0.717) is 24.9 Å². The van der Waals surface area contributed by atoms with Gasteiger partial charge in [0.2, 0.25) is 5.95 Å². The summed E-state index contributed by atoms with van der Waals surface area (Å²) in [5.74, 6) is 1.09. The summed E-state index contributed by atoms with van der Waals surface area (Å²) in [6.07, 6.45) is 1.75. The number of hydrogen-bond donors (Lipinski definition) is 1. The molecule has 0 bridgehead atoms. The summed E-state index contributed by atoms with van der Waals surface area (Å²) < 4.78 is 13.1. The second-order valence-electron chi connectivity index (χ2n) is 6.63. The lowest BCUT2D eigenvalue weighted by molar-refractivity contribution is 0.627. The minimum Gasteiger partial charge on any atom is -0.366 e. The highest BCUT2D eigenvalue weighted by molar-refractivity contribution is 5.58. The van der Waals surface area contributed by atoms with Gasteiger partial charge in [0, 0.05) is 18.4 Å². The Morgan fingerprint density at radius 3 is 2.17 bits per heavy atom. The molecule has 4 rings (SSSR count). The molecule has 1 heterocycles. The lowest BCUT2D eigenvalue weighted by Crippen LogP contribution is -2.19. The summed E-state index contributed by atoms with van der Waals surface area (Å²) in [4.78, 5) is 11.3. The van der Waals surface area contributed by atoms with Crippen molar-refractivity contribution in [2.75, 3.05) is 10.2 Å². The lowest BCUT2D eigenvalue weighted by atomic mass is 10.2. The van der Waals surface area contributed by atoms with Gasteiger partial charge < -0.3 is 10.2 Å².